The number of esters is 1. The van der Waals surface area contributed by atoms with Crippen molar-refractivity contribution in [1.82, 2.24) is 5.32 Å². The van der Waals surface area contributed by atoms with Crippen LogP contribution < -0.4 is 5.32 Å². The number of amides is 1. The zero-order valence-electron chi connectivity index (χ0n) is 14.4. The molecule has 0 aliphatic rings. The highest BCUT2D eigenvalue weighted by atomic mass is 16.5. The normalized spacial score (nSPS) is 10.3. The summed E-state index contributed by atoms with van der Waals surface area (Å²) < 4.78 is 5.08. The number of carbonyl (C=O) groups excluding carboxylic acids is 2. The maximum atomic E-state index is 12.0. The van der Waals surface area contributed by atoms with Crippen LogP contribution >= 0.6 is 0 Å². The highest BCUT2D eigenvalue weighted by Gasteiger charge is 2.12. The van der Waals surface area contributed by atoms with E-state index < -0.39 is 5.97 Å². The van der Waals surface area contributed by atoms with Crippen molar-refractivity contribution in [3.63, 3.8) is 0 Å². The van der Waals surface area contributed by atoms with Gasteiger partial charge in [-0.2, -0.15) is 0 Å². The lowest BCUT2D eigenvalue weighted by molar-refractivity contribution is -0.124. The molecule has 126 valence electrons. The second-order valence-corrected chi connectivity index (χ2v) is 5.84. The van der Waals surface area contributed by atoms with Gasteiger partial charge in [-0.1, -0.05) is 48.9 Å². The van der Waals surface area contributed by atoms with Gasteiger partial charge in [0.2, 0.25) is 0 Å². The molecular formula is C20H23NO3. The first-order valence-electron chi connectivity index (χ1n) is 8.08. The van der Waals surface area contributed by atoms with Crippen LogP contribution in [0.2, 0.25) is 0 Å². The number of nitrogens with one attached hydrogen (secondary N) is 1. The maximum absolute atomic E-state index is 12.0. The Morgan fingerprint density at radius 2 is 1.67 bits per heavy atom. The molecule has 4 nitrogen and oxygen atoms in total. The number of hydrogen-bond acceptors (Lipinski definition) is 3. The molecule has 0 atom stereocenters. The van der Waals surface area contributed by atoms with Crippen LogP contribution in [0.1, 0.15) is 39.5 Å². The van der Waals surface area contributed by atoms with E-state index in [1.54, 1.807) is 6.07 Å². The molecule has 0 radical (unpaired) electrons. The minimum absolute atomic E-state index is 0.279. The smallest absolute Gasteiger partial charge is 0.338 e. The molecule has 0 unspecified atom stereocenters. The number of rotatable bonds is 6. The zero-order valence-corrected chi connectivity index (χ0v) is 14.4. The molecule has 0 saturated carbocycles. The molecule has 4 heteroatoms. The Hall–Kier alpha value is -2.62. The topological polar surface area (TPSA) is 55.4 Å². The highest BCUT2D eigenvalue weighted by Crippen LogP contribution is 2.11. The summed E-state index contributed by atoms with van der Waals surface area (Å²) in [6, 6.07) is 13.5. The van der Waals surface area contributed by atoms with E-state index >= 15 is 0 Å². The van der Waals surface area contributed by atoms with Gasteiger partial charge in [-0.15, -0.1) is 0 Å². The minimum Gasteiger partial charge on any atom is -0.452 e. The second-order valence-electron chi connectivity index (χ2n) is 5.84. The van der Waals surface area contributed by atoms with Gasteiger partial charge in [0.15, 0.2) is 6.61 Å². The lowest BCUT2D eigenvalue weighted by Crippen LogP contribution is -2.28. The molecule has 0 spiro atoms. The van der Waals surface area contributed by atoms with Crippen LogP contribution in [0.5, 0.6) is 0 Å². The molecule has 1 amide bonds. The number of carbonyl (C=O) groups is 2. The molecule has 2 aromatic rings. The van der Waals surface area contributed by atoms with Crippen LogP contribution in [0.4, 0.5) is 0 Å². The Balaban J connectivity index is 1.80. The Morgan fingerprint density at radius 1 is 1.00 bits per heavy atom. The molecule has 0 fully saturated rings. The van der Waals surface area contributed by atoms with Crippen molar-refractivity contribution in [2.24, 2.45) is 0 Å². The molecule has 0 bridgehead atoms. The molecule has 0 aliphatic carbocycles. The number of ether oxygens (including phenoxy) is 1. The molecule has 0 heterocycles. The molecule has 1 N–H and O–H groups in total. The molecule has 0 aliphatic heterocycles. The largest absolute Gasteiger partial charge is 0.452 e. The van der Waals surface area contributed by atoms with E-state index in [2.05, 4.69) is 12.2 Å². The van der Waals surface area contributed by atoms with Crippen LogP contribution in [-0.4, -0.2) is 18.5 Å². The van der Waals surface area contributed by atoms with Gasteiger partial charge in [0, 0.05) is 6.54 Å². The van der Waals surface area contributed by atoms with Crippen molar-refractivity contribution >= 4 is 11.9 Å². The third-order valence-electron chi connectivity index (χ3n) is 3.86. The van der Waals surface area contributed by atoms with Crippen molar-refractivity contribution in [1.29, 1.82) is 0 Å². The summed E-state index contributed by atoms with van der Waals surface area (Å²) in [7, 11) is 0. The van der Waals surface area contributed by atoms with Crippen LogP contribution in [0.25, 0.3) is 0 Å². The van der Waals surface area contributed by atoms with Gasteiger partial charge in [-0.3, -0.25) is 4.79 Å². The molecule has 0 aromatic heterocycles. The summed E-state index contributed by atoms with van der Waals surface area (Å²) in [6.07, 6.45) is 0.987. The van der Waals surface area contributed by atoms with Crippen LogP contribution in [-0.2, 0) is 22.5 Å². The summed E-state index contributed by atoms with van der Waals surface area (Å²) in [6.45, 7) is 6.05. The van der Waals surface area contributed by atoms with E-state index in [-0.39, 0.29) is 12.5 Å². The summed E-state index contributed by atoms with van der Waals surface area (Å²) in [5, 5.41) is 2.75. The van der Waals surface area contributed by atoms with Gasteiger partial charge in [0.05, 0.1) is 5.56 Å². The molecule has 2 rings (SSSR count). The molecule has 24 heavy (non-hydrogen) atoms. The van der Waals surface area contributed by atoms with Crippen LogP contribution in [0.3, 0.4) is 0 Å². The Labute approximate surface area is 142 Å². The standard InChI is InChI=1S/C20H23NO3/c1-4-16-6-8-17(9-7-16)12-21-19(22)13-24-20(23)18-10-5-14(2)11-15(18)3/h5-11H,4,12-13H2,1-3H3,(H,21,22). The predicted molar refractivity (Wildman–Crippen MR) is 93.9 cm³/mol. The summed E-state index contributed by atoms with van der Waals surface area (Å²) in [5.41, 5.74) is 4.68. The van der Waals surface area contributed by atoms with Crippen molar-refractivity contribution < 1.29 is 14.3 Å². The van der Waals surface area contributed by atoms with Crippen molar-refractivity contribution in [2.45, 2.75) is 33.7 Å². The third-order valence-corrected chi connectivity index (χ3v) is 3.86. The average Bonchev–Trinajstić information content (AvgIpc) is 2.58. The molecule has 2 aromatic carbocycles. The fraction of sp³-hybridized carbons (Fsp3) is 0.300. The fourth-order valence-electron chi connectivity index (χ4n) is 2.40. The van der Waals surface area contributed by atoms with E-state index in [9.17, 15) is 9.59 Å². The van der Waals surface area contributed by atoms with Crippen LogP contribution in [0.15, 0.2) is 42.5 Å². The highest BCUT2D eigenvalue weighted by molar-refractivity contribution is 5.92. The van der Waals surface area contributed by atoms with E-state index in [1.165, 1.54) is 5.56 Å². The van der Waals surface area contributed by atoms with Gasteiger partial charge in [-0.25, -0.2) is 4.79 Å². The first-order valence-corrected chi connectivity index (χ1v) is 8.08. The average molecular weight is 325 g/mol. The Bertz CT molecular complexity index is 720. The Morgan fingerprint density at radius 3 is 2.29 bits per heavy atom. The second kappa shape index (κ2) is 8.29. The zero-order chi connectivity index (χ0) is 17.5. The summed E-state index contributed by atoms with van der Waals surface area (Å²) >= 11 is 0. The van der Waals surface area contributed by atoms with E-state index in [4.69, 9.17) is 4.74 Å². The SMILES string of the molecule is CCc1ccc(CNC(=O)COC(=O)c2ccc(C)cc2C)cc1. The van der Waals surface area contributed by atoms with Crippen molar-refractivity contribution in [3.05, 3.63) is 70.3 Å². The first-order chi connectivity index (χ1) is 11.5. The van der Waals surface area contributed by atoms with E-state index in [0.29, 0.717) is 12.1 Å². The quantitative estimate of drug-likeness (QED) is 0.829. The Kier molecular flexibility index (Phi) is 6.13. The van der Waals surface area contributed by atoms with Crippen molar-refractivity contribution in [2.75, 3.05) is 6.61 Å². The number of hydrogen-bond donors (Lipinski definition) is 1. The molecule has 0 saturated heterocycles. The first kappa shape index (κ1) is 17.7. The van der Waals surface area contributed by atoms with E-state index in [0.717, 1.165) is 23.1 Å². The van der Waals surface area contributed by atoms with Gasteiger partial charge in [0.1, 0.15) is 0 Å². The van der Waals surface area contributed by atoms with Gasteiger partial charge in [0.25, 0.3) is 5.91 Å². The maximum Gasteiger partial charge on any atom is 0.338 e. The lowest BCUT2D eigenvalue weighted by atomic mass is 10.1. The van der Waals surface area contributed by atoms with E-state index in [1.807, 2.05) is 50.2 Å². The third kappa shape index (κ3) is 4.95. The number of benzene rings is 2. The lowest BCUT2D eigenvalue weighted by Gasteiger charge is -2.09. The van der Waals surface area contributed by atoms with Crippen LogP contribution in [0, 0.1) is 13.8 Å². The number of aryl methyl sites for hydroxylation is 3. The van der Waals surface area contributed by atoms with Gasteiger partial charge in [-0.05, 0) is 43.0 Å². The monoisotopic (exact) mass is 325 g/mol. The fourth-order valence-corrected chi connectivity index (χ4v) is 2.40. The minimum atomic E-state index is -0.477. The van der Waals surface area contributed by atoms with Gasteiger partial charge >= 0.3 is 5.97 Å². The molecular weight excluding hydrogens is 302 g/mol. The summed E-state index contributed by atoms with van der Waals surface area (Å²) in [4.78, 5) is 23.8. The predicted octanol–water partition coefficient (Wildman–Crippen LogP) is 3.34. The van der Waals surface area contributed by atoms with Gasteiger partial charge < -0.3 is 10.1 Å². The summed E-state index contributed by atoms with van der Waals surface area (Å²) in [5.74, 6) is -0.789. The van der Waals surface area contributed by atoms with Crippen molar-refractivity contribution in [3.8, 4) is 0 Å².